The van der Waals surface area contributed by atoms with Crippen LogP contribution >= 0.6 is 0 Å². The Labute approximate surface area is 114 Å². The number of carboxylic acids is 1. The second-order valence-electron chi connectivity index (χ2n) is 5.65. The van der Waals surface area contributed by atoms with Crippen LogP contribution in [0, 0.1) is 11.8 Å². The largest absolute Gasteiger partial charge is 0.480 e. The normalized spacial score (nSPS) is 25.1. The molecule has 1 aliphatic heterocycles. The molecule has 0 saturated carbocycles. The van der Waals surface area contributed by atoms with Crippen molar-refractivity contribution < 1.29 is 19.4 Å². The van der Waals surface area contributed by atoms with Gasteiger partial charge in [-0.2, -0.15) is 0 Å². The smallest absolute Gasteiger partial charge is 0.326 e. The fourth-order valence-electron chi connectivity index (χ4n) is 2.39. The molecule has 110 valence electrons. The third-order valence-corrected chi connectivity index (χ3v) is 3.52. The summed E-state index contributed by atoms with van der Waals surface area (Å²) in [4.78, 5) is 23.3. The average molecular weight is 271 g/mol. The van der Waals surface area contributed by atoms with Crippen LogP contribution in [-0.2, 0) is 14.3 Å². The van der Waals surface area contributed by atoms with Gasteiger partial charge in [-0.25, -0.2) is 4.79 Å². The van der Waals surface area contributed by atoms with E-state index in [0.717, 1.165) is 6.42 Å². The molecule has 2 N–H and O–H groups in total. The van der Waals surface area contributed by atoms with E-state index in [2.05, 4.69) is 5.32 Å². The number of aliphatic carboxylic acids is 1. The van der Waals surface area contributed by atoms with Crippen molar-refractivity contribution in [2.45, 2.75) is 58.6 Å². The topological polar surface area (TPSA) is 75.6 Å². The van der Waals surface area contributed by atoms with Crippen molar-refractivity contribution in [3.05, 3.63) is 0 Å². The minimum Gasteiger partial charge on any atom is -0.480 e. The number of nitrogens with one attached hydrogen (secondary N) is 1. The summed E-state index contributed by atoms with van der Waals surface area (Å²) < 4.78 is 5.53. The number of carbonyl (C=O) groups is 2. The van der Waals surface area contributed by atoms with Crippen molar-refractivity contribution in [1.82, 2.24) is 5.32 Å². The fourth-order valence-corrected chi connectivity index (χ4v) is 2.39. The van der Waals surface area contributed by atoms with Gasteiger partial charge in [-0.1, -0.05) is 20.8 Å². The summed E-state index contributed by atoms with van der Waals surface area (Å²) >= 11 is 0. The molecule has 19 heavy (non-hydrogen) atoms. The minimum atomic E-state index is -0.957. The molecule has 1 rings (SSSR count). The molecule has 3 atom stereocenters. The van der Waals surface area contributed by atoms with Gasteiger partial charge in [0.05, 0.1) is 6.10 Å². The SMILES string of the molecule is CCC1CC(C(=O)NC(CC(C)C)C(=O)O)CCO1. The van der Waals surface area contributed by atoms with Crippen LogP contribution in [0.3, 0.4) is 0 Å². The van der Waals surface area contributed by atoms with Gasteiger partial charge in [-0.3, -0.25) is 4.79 Å². The Morgan fingerprint density at radius 3 is 2.63 bits per heavy atom. The zero-order chi connectivity index (χ0) is 14.4. The maximum Gasteiger partial charge on any atom is 0.326 e. The number of ether oxygens (including phenoxy) is 1. The van der Waals surface area contributed by atoms with E-state index < -0.39 is 12.0 Å². The molecule has 1 fully saturated rings. The lowest BCUT2D eigenvalue weighted by Crippen LogP contribution is -2.46. The second kappa shape index (κ2) is 7.48. The van der Waals surface area contributed by atoms with Crippen LogP contribution in [0.4, 0.5) is 0 Å². The highest BCUT2D eigenvalue weighted by Gasteiger charge is 2.30. The van der Waals surface area contributed by atoms with E-state index in [0.29, 0.717) is 25.9 Å². The Balaban J connectivity index is 2.53. The molecule has 3 unspecified atom stereocenters. The highest BCUT2D eigenvalue weighted by molar-refractivity contribution is 5.85. The molecule has 0 aromatic carbocycles. The Kier molecular flexibility index (Phi) is 6.28. The first-order valence-electron chi connectivity index (χ1n) is 7.08. The molecule has 5 nitrogen and oxygen atoms in total. The molecule has 1 aliphatic rings. The van der Waals surface area contributed by atoms with Crippen molar-refractivity contribution in [2.24, 2.45) is 11.8 Å². The van der Waals surface area contributed by atoms with Crippen LogP contribution in [0.25, 0.3) is 0 Å². The summed E-state index contributed by atoms with van der Waals surface area (Å²) in [5.41, 5.74) is 0. The lowest BCUT2D eigenvalue weighted by atomic mass is 9.93. The Morgan fingerprint density at radius 1 is 1.42 bits per heavy atom. The molecule has 0 aromatic rings. The molecular formula is C14H25NO4. The van der Waals surface area contributed by atoms with Gasteiger partial charge in [-0.05, 0) is 31.6 Å². The van der Waals surface area contributed by atoms with E-state index in [1.54, 1.807) is 0 Å². The first kappa shape index (κ1) is 16.0. The van der Waals surface area contributed by atoms with Crippen molar-refractivity contribution >= 4 is 11.9 Å². The van der Waals surface area contributed by atoms with E-state index in [1.165, 1.54) is 0 Å². The molecule has 1 saturated heterocycles. The van der Waals surface area contributed by atoms with Gasteiger partial charge in [0.15, 0.2) is 0 Å². The zero-order valence-electron chi connectivity index (χ0n) is 12.0. The van der Waals surface area contributed by atoms with E-state index in [9.17, 15) is 9.59 Å². The zero-order valence-corrected chi connectivity index (χ0v) is 12.0. The molecular weight excluding hydrogens is 246 g/mol. The summed E-state index contributed by atoms with van der Waals surface area (Å²) in [5, 5.41) is 11.8. The molecule has 0 aliphatic carbocycles. The minimum absolute atomic E-state index is 0.118. The van der Waals surface area contributed by atoms with Crippen LogP contribution in [0.5, 0.6) is 0 Å². The summed E-state index contributed by atoms with van der Waals surface area (Å²) in [6.07, 6.45) is 2.84. The van der Waals surface area contributed by atoms with Crippen LogP contribution in [0.15, 0.2) is 0 Å². The van der Waals surface area contributed by atoms with E-state index in [4.69, 9.17) is 9.84 Å². The summed E-state index contributed by atoms with van der Waals surface area (Å²) in [7, 11) is 0. The predicted molar refractivity (Wildman–Crippen MR) is 71.8 cm³/mol. The van der Waals surface area contributed by atoms with Crippen molar-refractivity contribution in [3.63, 3.8) is 0 Å². The van der Waals surface area contributed by atoms with Gasteiger partial charge >= 0.3 is 5.97 Å². The highest BCUT2D eigenvalue weighted by atomic mass is 16.5. The predicted octanol–water partition coefficient (Wildman–Crippen LogP) is 1.81. The standard InChI is InChI=1S/C14H25NO4/c1-4-11-8-10(5-6-19-11)13(16)15-12(14(17)18)7-9(2)3/h9-12H,4-8H2,1-3H3,(H,15,16)(H,17,18). The molecule has 0 bridgehead atoms. The second-order valence-corrected chi connectivity index (χ2v) is 5.65. The molecule has 0 aromatic heterocycles. The first-order valence-corrected chi connectivity index (χ1v) is 7.08. The number of amides is 1. The van der Waals surface area contributed by atoms with Crippen LogP contribution in [0.1, 0.15) is 46.5 Å². The number of hydrogen-bond donors (Lipinski definition) is 2. The van der Waals surface area contributed by atoms with E-state index in [1.807, 2.05) is 20.8 Å². The Morgan fingerprint density at radius 2 is 2.11 bits per heavy atom. The molecule has 0 spiro atoms. The molecule has 1 heterocycles. The number of rotatable bonds is 6. The summed E-state index contributed by atoms with van der Waals surface area (Å²) in [6, 6.07) is -0.782. The van der Waals surface area contributed by atoms with Crippen LogP contribution in [0.2, 0.25) is 0 Å². The summed E-state index contributed by atoms with van der Waals surface area (Å²) in [6.45, 7) is 6.51. The fraction of sp³-hybridized carbons (Fsp3) is 0.857. The first-order chi connectivity index (χ1) is 8.93. The third-order valence-electron chi connectivity index (χ3n) is 3.52. The van der Waals surface area contributed by atoms with Gasteiger partial charge in [0.25, 0.3) is 0 Å². The van der Waals surface area contributed by atoms with Gasteiger partial charge in [-0.15, -0.1) is 0 Å². The monoisotopic (exact) mass is 271 g/mol. The number of carboxylic acid groups (broad SMARTS) is 1. The lowest BCUT2D eigenvalue weighted by molar-refractivity contribution is -0.144. The molecule has 1 amide bonds. The van der Waals surface area contributed by atoms with Crippen molar-refractivity contribution in [3.8, 4) is 0 Å². The Bertz CT molecular complexity index is 317. The Hall–Kier alpha value is -1.10. The van der Waals surface area contributed by atoms with Crippen molar-refractivity contribution in [2.75, 3.05) is 6.61 Å². The number of carbonyl (C=O) groups excluding carboxylic acids is 1. The van der Waals surface area contributed by atoms with E-state index in [-0.39, 0.29) is 23.8 Å². The van der Waals surface area contributed by atoms with Gasteiger partial charge < -0.3 is 15.2 Å². The third kappa shape index (κ3) is 5.19. The maximum atomic E-state index is 12.1. The molecule has 5 heteroatoms. The highest BCUT2D eigenvalue weighted by Crippen LogP contribution is 2.22. The number of hydrogen-bond acceptors (Lipinski definition) is 3. The van der Waals surface area contributed by atoms with Gasteiger partial charge in [0.1, 0.15) is 6.04 Å². The summed E-state index contributed by atoms with van der Waals surface area (Å²) in [5.74, 6) is -0.983. The average Bonchev–Trinajstić information content (AvgIpc) is 2.37. The van der Waals surface area contributed by atoms with E-state index >= 15 is 0 Å². The van der Waals surface area contributed by atoms with Crippen molar-refractivity contribution in [1.29, 1.82) is 0 Å². The quantitative estimate of drug-likeness (QED) is 0.772. The maximum absolute atomic E-state index is 12.1. The van der Waals surface area contributed by atoms with Crippen LogP contribution in [-0.4, -0.2) is 35.7 Å². The van der Waals surface area contributed by atoms with Gasteiger partial charge in [0, 0.05) is 12.5 Å². The van der Waals surface area contributed by atoms with Gasteiger partial charge in [0.2, 0.25) is 5.91 Å². The lowest BCUT2D eigenvalue weighted by Gasteiger charge is -2.29. The van der Waals surface area contributed by atoms with Crippen LogP contribution < -0.4 is 5.32 Å². The molecule has 0 radical (unpaired) electrons.